The quantitative estimate of drug-likeness (QED) is 0.407. The van der Waals surface area contributed by atoms with Gasteiger partial charge in [-0.2, -0.15) is 0 Å². The number of benzene rings is 3. The first-order chi connectivity index (χ1) is 14.2. The summed E-state index contributed by atoms with van der Waals surface area (Å²) >= 11 is 1.19. The van der Waals surface area contributed by atoms with Crippen molar-refractivity contribution in [2.75, 3.05) is 0 Å². The van der Waals surface area contributed by atoms with Crippen molar-refractivity contribution in [3.8, 4) is 0 Å². The molecule has 0 radical (unpaired) electrons. The third kappa shape index (κ3) is 4.74. The molecule has 154 valence electrons. The van der Waals surface area contributed by atoms with Crippen LogP contribution in [-0.4, -0.2) is 10.6 Å². The van der Waals surface area contributed by atoms with Gasteiger partial charge in [-0.25, -0.2) is 0 Å². The average molecular weight is 435 g/mol. The highest BCUT2D eigenvalue weighted by Crippen LogP contribution is 2.53. The van der Waals surface area contributed by atoms with Crippen molar-refractivity contribution in [2.45, 2.75) is 41.5 Å². The van der Waals surface area contributed by atoms with Crippen molar-refractivity contribution < 1.29 is 9.59 Å². The van der Waals surface area contributed by atoms with E-state index in [0.717, 1.165) is 49.8 Å². The largest absolute Gasteiger partial charge is 0.288 e. The predicted molar refractivity (Wildman–Crippen MR) is 131 cm³/mol. The highest BCUT2D eigenvalue weighted by molar-refractivity contribution is 8.69. The Labute approximate surface area is 184 Å². The Balaban J connectivity index is 2.05. The molecule has 0 aromatic heterocycles. The molecule has 30 heavy (non-hydrogen) atoms. The zero-order valence-electron chi connectivity index (χ0n) is 18.4. The summed E-state index contributed by atoms with van der Waals surface area (Å²) in [6.45, 7) is 12.0. The van der Waals surface area contributed by atoms with Crippen LogP contribution in [0.3, 0.4) is 0 Å². The van der Waals surface area contributed by atoms with E-state index in [4.69, 9.17) is 0 Å². The topological polar surface area (TPSA) is 34.1 Å². The summed E-state index contributed by atoms with van der Waals surface area (Å²) in [6.07, 6.45) is 0. The molecule has 2 nitrogen and oxygen atoms in total. The second kappa shape index (κ2) is 9.29. The van der Waals surface area contributed by atoms with Gasteiger partial charge in [-0.3, -0.25) is 9.59 Å². The highest BCUT2D eigenvalue weighted by Gasteiger charge is 2.29. The summed E-state index contributed by atoms with van der Waals surface area (Å²) in [5, 5.41) is 0.883. The van der Waals surface area contributed by atoms with Gasteiger partial charge < -0.3 is 0 Å². The van der Waals surface area contributed by atoms with Crippen molar-refractivity contribution in [3.63, 3.8) is 0 Å². The molecule has 3 aromatic carbocycles. The molecule has 0 bridgehead atoms. The Bertz CT molecular complexity index is 1070. The SMILES string of the molecule is Cc1cc(C)c(C(=O)SP(C(=O)c2c(C)cc(C)cc2C)c2ccccc2)c(C)c1. The van der Waals surface area contributed by atoms with E-state index >= 15 is 0 Å². The maximum absolute atomic E-state index is 13.7. The number of carbonyl (C=O) groups excluding carboxylic acids is 2. The Morgan fingerprint density at radius 3 is 1.57 bits per heavy atom. The number of hydrogen-bond donors (Lipinski definition) is 0. The fourth-order valence-electron chi connectivity index (χ4n) is 4.02. The smallest absolute Gasteiger partial charge is 0.224 e. The maximum atomic E-state index is 13.7. The lowest BCUT2D eigenvalue weighted by molar-refractivity contribution is 0.107. The molecule has 4 heteroatoms. The van der Waals surface area contributed by atoms with Gasteiger partial charge in [0.05, 0.1) is 7.12 Å². The van der Waals surface area contributed by atoms with E-state index in [1.54, 1.807) is 0 Å². The van der Waals surface area contributed by atoms with Crippen LogP contribution in [0.15, 0.2) is 54.6 Å². The number of rotatable bonds is 5. The Hall–Kier alpha value is -2.22. The van der Waals surface area contributed by atoms with Crippen LogP contribution in [0.5, 0.6) is 0 Å². The lowest BCUT2D eigenvalue weighted by Gasteiger charge is -2.19. The maximum Gasteiger partial charge on any atom is 0.224 e. The van der Waals surface area contributed by atoms with Crippen molar-refractivity contribution >= 4 is 34.4 Å². The molecular formula is C26H27O2PS. The molecule has 0 amide bonds. The lowest BCUT2D eigenvalue weighted by atomic mass is 10.0. The van der Waals surface area contributed by atoms with Gasteiger partial charge in [0, 0.05) is 11.1 Å². The first-order valence-corrected chi connectivity index (χ1v) is 12.7. The number of carbonyl (C=O) groups is 2. The van der Waals surface area contributed by atoms with Crippen LogP contribution in [0.25, 0.3) is 0 Å². The van der Waals surface area contributed by atoms with Crippen molar-refractivity contribution in [2.24, 2.45) is 0 Å². The van der Waals surface area contributed by atoms with Gasteiger partial charge in [0.1, 0.15) is 0 Å². The van der Waals surface area contributed by atoms with Gasteiger partial charge in [0.25, 0.3) is 0 Å². The van der Waals surface area contributed by atoms with E-state index in [0.29, 0.717) is 0 Å². The predicted octanol–water partition coefficient (Wildman–Crippen LogP) is 6.97. The van der Waals surface area contributed by atoms with E-state index in [2.05, 4.69) is 0 Å². The average Bonchev–Trinajstić information content (AvgIpc) is 2.65. The van der Waals surface area contributed by atoms with E-state index in [9.17, 15) is 9.59 Å². The molecule has 0 fully saturated rings. The fourth-order valence-corrected chi connectivity index (χ4v) is 8.00. The summed E-state index contributed by atoms with van der Waals surface area (Å²) < 4.78 is 0. The van der Waals surface area contributed by atoms with E-state index < -0.39 is 7.12 Å². The minimum absolute atomic E-state index is 0.0317. The van der Waals surface area contributed by atoms with Gasteiger partial charge in [0.2, 0.25) is 5.12 Å². The highest BCUT2D eigenvalue weighted by atomic mass is 32.7. The minimum atomic E-state index is -1.40. The molecular weight excluding hydrogens is 407 g/mol. The van der Waals surface area contributed by atoms with Crippen LogP contribution < -0.4 is 5.30 Å². The van der Waals surface area contributed by atoms with Crippen molar-refractivity contribution in [1.82, 2.24) is 0 Å². The third-order valence-corrected chi connectivity index (χ3v) is 9.21. The summed E-state index contributed by atoms with van der Waals surface area (Å²) in [7, 11) is -1.40. The van der Waals surface area contributed by atoms with Crippen LogP contribution in [0, 0.1) is 41.5 Å². The monoisotopic (exact) mass is 434 g/mol. The van der Waals surface area contributed by atoms with Crippen LogP contribution >= 0.6 is 18.5 Å². The first-order valence-electron chi connectivity index (χ1n) is 9.96. The van der Waals surface area contributed by atoms with Gasteiger partial charge in [-0.1, -0.05) is 65.7 Å². The number of aryl methyl sites for hydroxylation is 6. The van der Waals surface area contributed by atoms with Gasteiger partial charge in [-0.15, -0.1) is 0 Å². The second-order valence-electron chi connectivity index (χ2n) is 7.86. The Morgan fingerprint density at radius 1 is 0.667 bits per heavy atom. The van der Waals surface area contributed by atoms with E-state index in [1.165, 1.54) is 11.4 Å². The van der Waals surface area contributed by atoms with Gasteiger partial charge >= 0.3 is 0 Å². The van der Waals surface area contributed by atoms with Crippen LogP contribution in [0.4, 0.5) is 0 Å². The molecule has 0 saturated carbocycles. The molecule has 1 atom stereocenters. The molecule has 0 heterocycles. The molecule has 0 spiro atoms. The van der Waals surface area contributed by atoms with Crippen molar-refractivity contribution in [1.29, 1.82) is 0 Å². The molecule has 1 unspecified atom stereocenters. The summed E-state index contributed by atoms with van der Waals surface area (Å²) in [6, 6.07) is 17.8. The molecule has 3 aromatic rings. The van der Waals surface area contributed by atoms with Crippen LogP contribution in [0.2, 0.25) is 0 Å². The van der Waals surface area contributed by atoms with Gasteiger partial charge in [0.15, 0.2) is 5.52 Å². The van der Waals surface area contributed by atoms with E-state index in [1.807, 2.05) is 96.1 Å². The summed E-state index contributed by atoms with van der Waals surface area (Å²) in [5.41, 5.74) is 7.65. The zero-order valence-corrected chi connectivity index (χ0v) is 20.1. The molecule has 3 rings (SSSR count). The van der Waals surface area contributed by atoms with E-state index in [-0.39, 0.29) is 10.6 Å². The molecule has 0 saturated heterocycles. The molecule has 0 N–H and O–H groups in total. The Kier molecular flexibility index (Phi) is 6.95. The summed E-state index contributed by atoms with van der Waals surface area (Å²) in [4.78, 5) is 27.1. The molecule has 0 aliphatic heterocycles. The fraction of sp³-hybridized carbons (Fsp3) is 0.231. The van der Waals surface area contributed by atoms with Crippen molar-refractivity contribution in [3.05, 3.63) is 99.1 Å². The molecule has 0 aliphatic carbocycles. The van der Waals surface area contributed by atoms with Gasteiger partial charge in [-0.05, 0) is 80.5 Å². The first kappa shape index (κ1) is 22.5. The van der Waals surface area contributed by atoms with Crippen LogP contribution in [0.1, 0.15) is 54.1 Å². The zero-order chi connectivity index (χ0) is 22.0. The minimum Gasteiger partial charge on any atom is -0.288 e. The molecule has 0 aliphatic rings. The Morgan fingerprint density at radius 2 is 1.10 bits per heavy atom. The standard InChI is InChI=1S/C26H27O2PS/c1-16-12-18(3)23(19(4)13-16)25(27)29(22-10-8-7-9-11-22)30-26(28)24-20(5)14-17(2)15-21(24)6/h7-15H,1-6H3. The lowest BCUT2D eigenvalue weighted by Crippen LogP contribution is -2.12. The normalized spacial score (nSPS) is 11.9. The van der Waals surface area contributed by atoms with Crippen LogP contribution in [-0.2, 0) is 0 Å². The number of hydrogen-bond acceptors (Lipinski definition) is 3. The second-order valence-corrected chi connectivity index (χ2v) is 11.6. The summed E-state index contributed by atoms with van der Waals surface area (Å²) in [5.74, 6) is 0. The third-order valence-electron chi connectivity index (χ3n) is 5.12.